The van der Waals surface area contributed by atoms with Crippen LogP contribution in [-0.4, -0.2) is 47.4 Å². The molecule has 0 bridgehead atoms. The molecule has 1 aliphatic heterocycles. The van der Waals surface area contributed by atoms with Crippen molar-refractivity contribution in [2.75, 3.05) is 19.7 Å². The predicted molar refractivity (Wildman–Crippen MR) is 131 cm³/mol. The van der Waals surface area contributed by atoms with Gasteiger partial charge in [-0.3, -0.25) is 9.59 Å². The Morgan fingerprint density at radius 3 is 2.26 bits per heavy atom. The Balaban J connectivity index is 1.56. The van der Waals surface area contributed by atoms with E-state index in [0.29, 0.717) is 18.7 Å². The molecule has 2 heterocycles. The number of aryl methyl sites for hydroxylation is 1. The summed E-state index contributed by atoms with van der Waals surface area (Å²) in [7, 11) is 0. The van der Waals surface area contributed by atoms with Crippen molar-refractivity contribution < 1.29 is 23.1 Å². The summed E-state index contributed by atoms with van der Waals surface area (Å²) in [4.78, 5) is 31.1. The van der Waals surface area contributed by atoms with E-state index >= 15 is 0 Å². The summed E-state index contributed by atoms with van der Waals surface area (Å²) in [6.07, 6.45) is 1.58. The van der Waals surface area contributed by atoms with Gasteiger partial charge in [0.2, 0.25) is 5.91 Å². The summed E-state index contributed by atoms with van der Waals surface area (Å²) in [6, 6.07) is 13.4. The van der Waals surface area contributed by atoms with E-state index in [0.717, 1.165) is 28.8 Å². The molecule has 4 rings (SSSR count). The lowest BCUT2D eigenvalue weighted by Gasteiger charge is -2.29. The fourth-order valence-electron chi connectivity index (χ4n) is 4.07. The summed E-state index contributed by atoms with van der Waals surface area (Å²) in [5.74, 6) is -1.34. The number of halogens is 2. The highest BCUT2D eigenvalue weighted by Crippen LogP contribution is 2.21. The van der Waals surface area contributed by atoms with Crippen molar-refractivity contribution in [1.29, 1.82) is 0 Å². The fraction of sp³-hybridized carbons (Fsp3) is 0.333. The van der Waals surface area contributed by atoms with Crippen LogP contribution in [0.1, 0.15) is 39.2 Å². The van der Waals surface area contributed by atoms with Crippen molar-refractivity contribution in [3.63, 3.8) is 0 Å². The van der Waals surface area contributed by atoms with Crippen molar-refractivity contribution in [2.45, 2.75) is 39.0 Å². The van der Waals surface area contributed by atoms with Crippen LogP contribution < -0.4 is 0 Å². The van der Waals surface area contributed by atoms with Crippen LogP contribution in [0.5, 0.6) is 0 Å². The molecule has 2 aromatic carbocycles. The zero-order valence-electron chi connectivity index (χ0n) is 19.6. The van der Waals surface area contributed by atoms with Gasteiger partial charge in [0, 0.05) is 30.1 Å². The van der Waals surface area contributed by atoms with Crippen LogP contribution in [0, 0.1) is 18.6 Å². The van der Waals surface area contributed by atoms with E-state index in [1.54, 1.807) is 28.4 Å². The Morgan fingerprint density at radius 1 is 0.971 bits per heavy atom. The third-order valence-corrected chi connectivity index (χ3v) is 7.10. The standard InChI is InChI=1S/C27H28F2N2O3S/c1-19-12-14-35-25(19)17-30(15-20-4-8-22(28)9-5-20)26(32)18-31(16-24-3-2-13-34-24)27(33)21-6-10-23(29)11-7-21/h4-12,14,24H,2-3,13,15-18H2,1H3. The number of thiophene rings is 1. The summed E-state index contributed by atoms with van der Waals surface area (Å²) in [5.41, 5.74) is 2.20. The summed E-state index contributed by atoms with van der Waals surface area (Å²) in [5, 5.41) is 1.98. The molecule has 0 radical (unpaired) electrons. The van der Waals surface area contributed by atoms with Gasteiger partial charge in [0.1, 0.15) is 18.2 Å². The molecule has 2 amide bonds. The number of hydrogen-bond acceptors (Lipinski definition) is 4. The molecule has 0 N–H and O–H groups in total. The summed E-state index contributed by atoms with van der Waals surface area (Å²) >= 11 is 1.57. The van der Waals surface area contributed by atoms with Crippen LogP contribution in [-0.2, 0) is 22.6 Å². The lowest BCUT2D eigenvalue weighted by Crippen LogP contribution is -2.45. The first kappa shape index (κ1) is 25.0. The Kier molecular flexibility index (Phi) is 8.25. The van der Waals surface area contributed by atoms with Crippen LogP contribution >= 0.6 is 11.3 Å². The Morgan fingerprint density at radius 2 is 1.66 bits per heavy atom. The van der Waals surface area contributed by atoms with E-state index in [2.05, 4.69) is 0 Å². The van der Waals surface area contributed by atoms with Crippen molar-refractivity contribution >= 4 is 23.2 Å². The van der Waals surface area contributed by atoms with E-state index in [4.69, 9.17) is 4.74 Å². The first-order chi connectivity index (χ1) is 16.9. The van der Waals surface area contributed by atoms with Crippen LogP contribution in [0.15, 0.2) is 60.0 Å². The van der Waals surface area contributed by atoms with E-state index in [1.165, 1.54) is 41.3 Å². The lowest BCUT2D eigenvalue weighted by atomic mass is 10.1. The molecule has 3 aromatic rings. The molecule has 1 atom stereocenters. The molecular weight excluding hydrogens is 470 g/mol. The molecule has 1 saturated heterocycles. The molecule has 0 aliphatic carbocycles. The SMILES string of the molecule is Cc1ccsc1CN(Cc1ccc(F)cc1)C(=O)CN(CC1CCCO1)C(=O)c1ccc(F)cc1. The molecule has 1 aliphatic rings. The molecule has 1 unspecified atom stereocenters. The average Bonchev–Trinajstić information content (AvgIpc) is 3.51. The van der Waals surface area contributed by atoms with Gasteiger partial charge in [-0.15, -0.1) is 11.3 Å². The largest absolute Gasteiger partial charge is 0.376 e. The third kappa shape index (κ3) is 6.74. The van der Waals surface area contributed by atoms with Crippen molar-refractivity contribution in [3.8, 4) is 0 Å². The highest BCUT2D eigenvalue weighted by atomic mass is 32.1. The smallest absolute Gasteiger partial charge is 0.254 e. The molecule has 1 fully saturated rings. The number of carbonyl (C=O) groups is 2. The van der Waals surface area contributed by atoms with Crippen molar-refractivity contribution in [1.82, 2.24) is 9.80 Å². The van der Waals surface area contributed by atoms with Gasteiger partial charge in [-0.25, -0.2) is 8.78 Å². The zero-order chi connectivity index (χ0) is 24.8. The molecule has 35 heavy (non-hydrogen) atoms. The molecular formula is C27H28F2N2O3S. The first-order valence-electron chi connectivity index (χ1n) is 11.6. The summed E-state index contributed by atoms with van der Waals surface area (Å²) in [6.45, 7) is 3.44. The number of amides is 2. The maximum atomic E-state index is 13.6. The minimum atomic E-state index is -0.430. The summed E-state index contributed by atoms with van der Waals surface area (Å²) < 4.78 is 32.6. The molecule has 8 heteroatoms. The molecule has 1 aromatic heterocycles. The topological polar surface area (TPSA) is 49.9 Å². The van der Waals surface area contributed by atoms with E-state index in [1.807, 2.05) is 18.4 Å². The van der Waals surface area contributed by atoms with Crippen LogP contribution in [0.25, 0.3) is 0 Å². The molecule has 0 spiro atoms. The number of carbonyl (C=O) groups excluding carboxylic acids is 2. The third-order valence-electron chi connectivity index (χ3n) is 6.09. The van der Waals surface area contributed by atoms with Gasteiger partial charge in [-0.05, 0) is 78.7 Å². The van der Waals surface area contributed by atoms with Crippen LogP contribution in [0.3, 0.4) is 0 Å². The predicted octanol–water partition coefficient (Wildman–Crippen LogP) is 5.18. The maximum Gasteiger partial charge on any atom is 0.254 e. The first-order valence-corrected chi connectivity index (χ1v) is 12.5. The van der Waals surface area contributed by atoms with Gasteiger partial charge in [-0.2, -0.15) is 0 Å². The number of ether oxygens (including phenoxy) is 1. The minimum Gasteiger partial charge on any atom is -0.376 e. The number of rotatable bonds is 9. The van der Waals surface area contributed by atoms with E-state index in [-0.39, 0.29) is 43.4 Å². The number of benzene rings is 2. The number of nitrogens with zero attached hydrogens (tertiary/aromatic N) is 2. The van der Waals surface area contributed by atoms with E-state index < -0.39 is 5.82 Å². The van der Waals surface area contributed by atoms with Gasteiger partial charge in [0.05, 0.1) is 12.6 Å². The van der Waals surface area contributed by atoms with Crippen LogP contribution in [0.4, 0.5) is 8.78 Å². The van der Waals surface area contributed by atoms with Gasteiger partial charge in [-0.1, -0.05) is 12.1 Å². The minimum absolute atomic E-state index is 0.137. The molecule has 5 nitrogen and oxygen atoms in total. The number of hydrogen-bond donors (Lipinski definition) is 0. The zero-order valence-corrected chi connectivity index (χ0v) is 20.4. The van der Waals surface area contributed by atoms with Gasteiger partial charge < -0.3 is 14.5 Å². The van der Waals surface area contributed by atoms with Crippen molar-refractivity contribution in [2.24, 2.45) is 0 Å². The lowest BCUT2D eigenvalue weighted by molar-refractivity contribution is -0.133. The Hall–Kier alpha value is -3.10. The highest BCUT2D eigenvalue weighted by molar-refractivity contribution is 7.10. The maximum absolute atomic E-state index is 13.6. The fourth-order valence-corrected chi connectivity index (χ4v) is 4.99. The molecule has 184 valence electrons. The second-order valence-corrected chi connectivity index (χ2v) is 9.73. The Bertz CT molecular complexity index is 1140. The second kappa shape index (κ2) is 11.6. The Labute approximate surface area is 207 Å². The van der Waals surface area contributed by atoms with Crippen molar-refractivity contribution in [3.05, 3.63) is 93.2 Å². The highest BCUT2D eigenvalue weighted by Gasteiger charge is 2.27. The van der Waals surface area contributed by atoms with Gasteiger partial charge >= 0.3 is 0 Å². The van der Waals surface area contributed by atoms with Crippen LogP contribution in [0.2, 0.25) is 0 Å². The quantitative estimate of drug-likeness (QED) is 0.408. The van der Waals surface area contributed by atoms with Gasteiger partial charge in [0.25, 0.3) is 5.91 Å². The van der Waals surface area contributed by atoms with Gasteiger partial charge in [0.15, 0.2) is 0 Å². The van der Waals surface area contributed by atoms with E-state index in [9.17, 15) is 18.4 Å². The molecule has 0 saturated carbocycles. The monoisotopic (exact) mass is 498 g/mol. The average molecular weight is 499 g/mol. The second-order valence-electron chi connectivity index (χ2n) is 8.73. The normalized spacial score (nSPS) is 15.2.